The predicted molar refractivity (Wildman–Crippen MR) is 144 cm³/mol. The molecule has 3 rings (SSSR count). The number of aliphatic hydroxyl groups excluding tert-OH is 1. The van der Waals surface area contributed by atoms with Crippen LogP contribution in [-0.2, 0) is 22.4 Å². The van der Waals surface area contributed by atoms with E-state index in [4.69, 9.17) is 14.6 Å². The molecule has 1 aliphatic heterocycles. The second-order valence-corrected chi connectivity index (χ2v) is 9.65. The van der Waals surface area contributed by atoms with E-state index < -0.39 is 12.1 Å². The summed E-state index contributed by atoms with van der Waals surface area (Å²) in [6, 6.07) is 12.0. The topological polar surface area (TPSA) is 96.3 Å². The molecule has 1 aliphatic rings. The van der Waals surface area contributed by atoms with Gasteiger partial charge in [-0.3, -0.25) is 0 Å². The van der Waals surface area contributed by atoms with Crippen LogP contribution in [0.25, 0.3) is 0 Å². The Morgan fingerprint density at radius 3 is 2.44 bits per heavy atom. The lowest BCUT2D eigenvalue weighted by atomic mass is 9.90. The lowest BCUT2D eigenvalue weighted by molar-refractivity contribution is -0.139. The summed E-state index contributed by atoms with van der Waals surface area (Å²) in [5, 5.41) is 18.2. The second-order valence-electron chi connectivity index (χ2n) is 8.80. The van der Waals surface area contributed by atoms with E-state index in [0.717, 1.165) is 55.4 Å². The molecule has 0 aromatic heterocycles. The molecule has 0 aliphatic carbocycles. The molecular formula is C28H38BrNO6. The average molecular weight is 565 g/mol. The third-order valence-electron chi connectivity index (χ3n) is 6.10. The monoisotopic (exact) mass is 563 g/mol. The van der Waals surface area contributed by atoms with Crippen LogP contribution in [0.2, 0.25) is 0 Å². The highest BCUT2D eigenvalue weighted by Crippen LogP contribution is 2.29. The molecular weight excluding hydrogens is 526 g/mol. The van der Waals surface area contributed by atoms with Crippen LogP contribution in [0.5, 0.6) is 11.5 Å². The van der Waals surface area contributed by atoms with Crippen molar-refractivity contribution in [1.82, 2.24) is 4.90 Å². The minimum absolute atomic E-state index is 0.0322. The number of benzene rings is 2. The van der Waals surface area contributed by atoms with Crippen molar-refractivity contribution in [3.05, 3.63) is 57.6 Å². The second kappa shape index (κ2) is 15.6. The van der Waals surface area contributed by atoms with Crippen LogP contribution < -0.4 is 9.47 Å². The number of piperidine rings is 1. The zero-order chi connectivity index (χ0) is 26.5. The minimum atomic E-state index is -1.10. The number of rotatable bonds is 12. The van der Waals surface area contributed by atoms with Crippen LogP contribution >= 0.6 is 15.9 Å². The van der Waals surface area contributed by atoms with Crippen molar-refractivity contribution < 1.29 is 29.3 Å². The van der Waals surface area contributed by atoms with E-state index in [1.165, 1.54) is 11.1 Å². The number of ether oxygens (including phenoxy) is 2. The SMILES string of the molecule is CC.Cc1cc(CCN2CCC(Cc3ccc(Br)c(OCC(=O)O)c3)CC2)ccc1OCC(O)C=O. The van der Waals surface area contributed by atoms with E-state index >= 15 is 0 Å². The molecule has 0 radical (unpaired) electrons. The number of halogens is 1. The van der Waals surface area contributed by atoms with Gasteiger partial charge in [-0.15, -0.1) is 0 Å². The summed E-state index contributed by atoms with van der Waals surface area (Å²) in [4.78, 5) is 23.8. The summed E-state index contributed by atoms with van der Waals surface area (Å²) in [7, 11) is 0. The molecule has 0 spiro atoms. The van der Waals surface area contributed by atoms with Gasteiger partial charge >= 0.3 is 5.97 Å². The molecule has 7 nitrogen and oxygen atoms in total. The molecule has 0 saturated carbocycles. The van der Waals surface area contributed by atoms with Crippen LogP contribution in [0, 0.1) is 12.8 Å². The van der Waals surface area contributed by atoms with Gasteiger partial charge in [0.25, 0.3) is 0 Å². The standard InChI is InChI=1S/C26H32BrNO6.C2H6/c1-18-12-19(3-5-24(18)33-16-22(30)15-29)6-9-28-10-7-20(8-11-28)13-21-2-4-23(27)25(14-21)34-17-26(31)32;1-2/h2-5,12,14-15,20,22,30H,6-11,13,16-17H2,1H3,(H,31,32);1-2H3. The highest BCUT2D eigenvalue weighted by Gasteiger charge is 2.20. The molecule has 1 unspecified atom stereocenters. The Kier molecular flexibility index (Phi) is 12.9. The molecule has 0 amide bonds. The van der Waals surface area contributed by atoms with E-state index in [9.17, 15) is 14.7 Å². The van der Waals surface area contributed by atoms with Gasteiger partial charge in [-0.1, -0.05) is 32.0 Å². The Labute approximate surface area is 222 Å². The lowest BCUT2D eigenvalue weighted by Crippen LogP contribution is -2.35. The molecule has 1 heterocycles. The van der Waals surface area contributed by atoms with Crippen molar-refractivity contribution in [2.45, 2.75) is 52.6 Å². The smallest absolute Gasteiger partial charge is 0.341 e. The molecule has 198 valence electrons. The van der Waals surface area contributed by atoms with Crippen molar-refractivity contribution in [2.24, 2.45) is 5.92 Å². The van der Waals surface area contributed by atoms with Crippen molar-refractivity contribution in [2.75, 3.05) is 32.8 Å². The maximum absolute atomic E-state index is 10.8. The Bertz CT molecular complexity index is 975. The number of carbonyl (C=O) groups excluding carboxylic acids is 1. The number of carboxylic acid groups (broad SMARTS) is 1. The van der Waals surface area contributed by atoms with E-state index in [2.05, 4.69) is 33.0 Å². The summed E-state index contributed by atoms with van der Waals surface area (Å²) >= 11 is 3.42. The van der Waals surface area contributed by atoms with E-state index in [-0.39, 0.29) is 13.2 Å². The van der Waals surface area contributed by atoms with E-state index in [1.54, 1.807) is 0 Å². The molecule has 2 aromatic rings. The fourth-order valence-electron chi connectivity index (χ4n) is 4.20. The maximum Gasteiger partial charge on any atom is 0.341 e. The van der Waals surface area contributed by atoms with Crippen LogP contribution in [0.4, 0.5) is 0 Å². The number of carboxylic acids is 1. The molecule has 1 atom stereocenters. The van der Waals surface area contributed by atoms with E-state index in [1.807, 2.05) is 45.0 Å². The van der Waals surface area contributed by atoms with Crippen molar-refractivity contribution >= 4 is 28.2 Å². The number of likely N-dealkylation sites (tertiary alicyclic amines) is 1. The van der Waals surface area contributed by atoms with Gasteiger partial charge in [-0.05, 0) is 102 Å². The number of nitrogens with zero attached hydrogens (tertiary/aromatic N) is 1. The predicted octanol–water partition coefficient (Wildman–Crippen LogP) is 4.68. The number of hydrogen-bond donors (Lipinski definition) is 2. The number of aliphatic carboxylic acids is 1. The highest BCUT2D eigenvalue weighted by atomic mass is 79.9. The number of aryl methyl sites for hydroxylation is 1. The molecule has 1 fully saturated rings. The highest BCUT2D eigenvalue weighted by molar-refractivity contribution is 9.10. The van der Waals surface area contributed by atoms with Crippen LogP contribution in [0.15, 0.2) is 40.9 Å². The third kappa shape index (κ3) is 9.91. The first-order valence-corrected chi connectivity index (χ1v) is 13.3. The first-order valence-electron chi connectivity index (χ1n) is 12.5. The molecule has 0 bridgehead atoms. The quantitative estimate of drug-likeness (QED) is 0.362. The Hall–Kier alpha value is -2.42. The normalized spacial score (nSPS) is 14.9. The zero-order valence-corrected chi connectivity index (χ0v) is 23.0. The van der Waals surface area contributed by atoms with Crippen molar-refractivity contribution in [3.8, 4) is 11.5 Å². The fraction of sp³-hybridized carbons (Fsp3) is 0.500. The molecule has 1 saturated heterocycles. The van der Waals surface area contributed by atoms with Crippen molar-refractivity contribution in [3.63, 3.8) is 0 Å². The molecule has 2 aromatic carbocycles. The Balaban J connectivity index is 0.00000222. The Morgan fingerprint density at radius 2 is 1.81 bits per heavy atom. The van der Waals surface area contributed by atoms with Gasteiger partial charge < -0.3 is 29.4 Å². The average Bonchev–Trinajstić information content (AvgIpc) is 2.89. The van der Waals surface area contributed by atoms with Gasteiger partial charge in [0, 0.05) is 6.54 Å². The minimum Gasteiger partial charge on any atom is -0.490 e. The molecule has 2 N–H and O–H groups in total. The number of carbonyl (C=O) groups is 2. The van der Waals surface area contributed by atoms with Gasteiger partial charge in [0.05, 0.1) is 4.47 Å². The lowest BCUT2D eigenvalue weighted by Gasteiger charge is -2.32. The van der Waals surface area contributed by atoms with Gasteiger partial charge in [-0.2, -0.15) is 0 Å². The van der Waals surface area contributed by atoms with Crippen LogP contribution in [0.3, 0.4) is 0 Å². The van der Waals surface area contributed by atoms with Gasteiger partial charge in [-0.25, -0.2) is 4.79 Å². The van der Waals surface area contributed by atoms with Gasteiger partial charge in [0.2, 0.25) is 0 Å². The summed E-state index contributed by atoms with van der Waals surface area (Å²) in [6.45, 7) is 8.72. The van der Waals surface area contributed by atoms with E-state index in [0.29, 0.717) is 23.7 Å². The number of aldehydes is 1. The fourth-order valence-corrected chi connectivity index (χ4v) is 4.56. The first kappa shape index (κ1) is 29.8. The van der Waals surface area contributed by atoms with Crippen molar-refractivity contribution in [1.29, 1.82) is 0 Å². The van der Waals surface area contributed by atoms with Crippen LogP contribution in [0.1, 0.15) is 43.4 Å². The first-order chi connectivity index (χ1) is 17.3. The molecule has 8 heteroatoms. The molecule has 36 heavy (non-hydrogen) atoms. The number of aliphatic hydroxyl groups is 1. The summed E-state index contributed by atoms with van der Waals surface area (Å²) in [5.41, 5.74) is 3.41. The number of hydrogen-bond acceptors (Lipinski definition) is 6. The summed E-state index contributed by atoms with van der Waals surface area (Å²) < 4.78 is 11.7. The third-order valence-corrected chi connectivity index (χ3v) is 6.76. The van der Waals surface area contributed by atoms with Crippen LogP contribution in [-0.4, -0.2) is 66.3 Å². The largest absolute Gasteiger partial charge is 0.490 e. The Morgan fingerprint density at radius 1 is 1.11 bits per heavy atom. The van der Waals surface area contributed by atoms with Gasteiger partial charge in [0.1, 0.15) is 24.2 Å². The summed E-state index contributed by atoms with van der Waals surface area (Å²) in [5.74, 6) is 0.877. The van der Waals surface area contributed by atoms with Gasteiger partial charge in [0.15, 0.2) is 12.9 Å². The maximum atomic E-state index is 10.8. The summed E-state index contributed by atoms with van der Waals surface area (Å²) in [6.07, 6.45) is 3.56. The zero-order valence-electron chi connectivity index (χ0n) is 21.4.